The van der Waals surface area contributed by atoms with E-state index in [-0.39, 0.29) is 0 Å². The molecular weight excluding hydrogens is 715 g/mol. The summed E-state index contributed by atoms with van der Waals surface area (Å²) in [5.74, 6) is 1.91. The number of aromatic nitrogens is 3. The van der Waals surface area contributed by atoms with Gasteiger partial charge in [0.2, 0.25) is 0 Å². The molecule has 3 nitrogen and oxygen atoms in total. The summed E-state index contributed by atoms with van der Waals surface area (Å²) in [6.07, 6.45) is 0. The predicted octanol–water partition coefficient (Wildman–Crippen LogP) is 13.7. The topological polar surface area (TPSA) is 38.7 Å². The highest BCUT2D eigenvalue weighted by atomic mass is 15.0. The normalized spacial score (nSPS) is 12.9. The van der Waals surface area contributed by atoms with Gasteiger partial charge in [-0.15, -0.1) is 0 Å². The Hall–Kier alpha value is -7.75. The van der Waals surface area contributed by atoms with Crippen molar-refractivity contribution < 1.29 is 0 Å². The molecule has 2 aliphatic rings. The molecule has 1 heterocycles. The van der Waals surface area contributed by atoms with Gasteiger partial charge >= 0.3 is 0 Å². The van der Waals surface area contributed by atoms with Crippen LogP contribution < -0.4 is 0 Å². The zero-order chi connectivity index (χ0) is 38.9. The van der Waals surface area contributed by atoms with Crippen LogP contribution in [-0.4, -0.2) is 15.0 Å². The minimum atomic E-state index is -0.433. The van der Waals surface area contributed by atoms with Crippen molar-refractivity contribution in [1.29, 1.82) is 0 Å². The Kier molecular flexibility index (Phi) is 7.45. The molecule has 9 aromatic carbocycles. The van der Waals surface area contributed by atoms with Crippen LogP contribution in [-0.2, 0) is 5.41 Å². The fraction of sp³-hybridized carbons (Fsp3) is 0.0179. The molecule has 1 spiro atoms. The molecule has 12 rings (SSSR count). The van der Waals surface area contributed by atoms with Crippen molar-refractivity contribution in [3.8, 4) is 78.7 Å². The van der Waals surface area contributed by atoms with Gasteiger partial charge in [0.15, 0.2) is 17.5 Å². The van der Waals surface area contributed by atoms with Gasteiger partial charge in [-0.25, -0.2) is 15.0 Å². The molecule has 0 bridgehead atoms. The van der Waals surface area contributed by atoms with Crippen LogP contribution in [0.2, 0.25) is 0 Å². The Morgan fingerprint density at radius 3 is 1.20 bits per heavy atom. The molecule has 0 unspecified atom stereocenters. The van der Waals surface area contributed by atoms with Crippen LogP contribution in [0.1, 0.15) is 22.3 Å². The van der Waals surface area contributed by atoms with E-state index in [1.54, 1.807) is 0 Å². The lowest BCUT2D eigenvalue weighted by molar-refractivity contribution is 0.794. The third-order valence-corrected chi connectivity index (χ3v) is 12.3. The van der Waals surface area contributed by atoms with Crippen LogP contribution in [0.15, 0.2) is 212 Å². The third-order valence-electron chi connectivity index (χ3n) is 12.3. The summed E-state index contributed by atoms with van der Waals surface area (Å²) in [5.41, 5.74) is 17.3. The maximum atomic E-state index is 5.19. The van der Waals surface area contributed by atoms with Crippen molar-refractivity contribution in [2.75, 3.05) is 0 Å². The lowest BCUT2D eigenvalue weighted by Gasteiger charge is -2.30. The summed E-state index contributed by atoms with van der Waals surface area (Å²) in [6.45, 7) is 0. The summed E-state index contributed by atoms with van der Waals surface area (Å²) in [6, 6.07) is 76.5. The van der Waals surface area contributed by atoms with Gasteiger partial charge in [-0.1, -0.05) is 182 Å². The molecule has 10 aromatic rings. The van der Waals surface area contributed by atoms with E-state index >= 15 is 0 Å². The molecule has 1 aromatic heterocycles. The van der Waals surface area contributed by atoms with Gasteiger partial charge in [-0.3, -0.25) is 0 Å². The van der Waals surface area contributed by atoms with Crippen molar-refractivity contribution in [1.82, 2.24) is 15.0 Å². The van der Waals surface area contributed by atoms with Crippen molar-refractivity contribution in [2.45, 2.75) is 5.41 Å². The van der Waals surface area contributed by atoms with E-state index < -0.39 is 5.41 Å². The van der Waals surface area contributed by atoms with Crippen molar-refractivity contribution in [2.24, 2.45) is 0 Å². The molecule has 274 valence electrons. The maximum Gasteiger partial charge on any atom is 0.164 e. The second-order valence-electron chi connectivity index (χ2n) is 15.5. The lowest BCUT2D eigenvalue weighted by Crippen LogP contribution is -2.25. The number of hydrogen-bond acceptors (Lipinski definition) is 3. The van der Waals surface area contributed by atoms with Crippen molar-refractivity contribution >= 4 is 10.8 Å². The molecular formula is C56H35N3. The highest BCUT2D eigenvalue weighted by molar-refractivity contribution is 5.96. The van der Waals surface area contributed by atoms with Crippen molar-refractivity contribution in [3.05, 3.63) is 235 Å². The van der Waals surface area contributed by atoms with Crippen LogP contribution in [0.3, 0.4) is 0 Å². The van der Waals surface area contributed by atoms with E-state index in [4.69, 9.17) is 15.0 Å². The smallest absolute Gasteiger partial charge is 0.164 e. The Labute approximate surface area is 343 Å². The van der Waals surface area contributed by atoms with Crippen LogP contribution in [0.4, 0.5) is 0 Å². The molecule has 0 atom stereocenters. The van der Waals surface area contributed by atoms with Gasteiger partial charge in [-0.05, 0) is 108 Å². The van der Waals surface area contributed by atoms with Crippen LogP contribution in [0, 0.1) is 0 Å². The number of rotatable bonds is 5. The van der Waals surface area contributed by atoms with E-state index in [0.717, 1.165) is 38.9 Å². The Morgan fingerprint density at radius 2 is 0.644 bits per heavy atom. The number of hydrogen-bond donors (Lipinski definition) is 0. The van der Waals surface area contributed by atoms with Gasteiger partial charge in [-0.2, -0.15) is 0 Å². The van der Waals surface area contributed by atoms with Gasteiger partial charge in [0.25, 0.3) is 0 Å². The maximum absolute atomic E-state index is 5.19. The minimum absolute atomic E-state index is 0.433. The molecule has 2 aliphatic carbocycles. The monoisotopic (exact) mass is 749 g/mol. The average Bonchev–Trinajstić information content (AvgIpc) is 3.79. The van der Waals surface area contributed by atoms with Gasteiger partial charge in [0.05, 0.1) is 5.41 Å². The lowest BCUT2D eigenvalue weighted by atomic mass is 9.70. The number of fused-ring (bicyclic) bond motifs is 11. The summed E-state index contributed by atoms with van der Waals surface area (Å²) >= 11 is 0. The van der Waals surface area contributed by atoms with E-state index in [9.17, 15) is 0 Å². The molecule has 0 fully saturated rings. The fourth-order valence-corrected chi connectivity index (χ4v) is 9.67. The fourth-order valence-electron chi connectivity index (χ4n) is 9.67. The van der Waals surface area contributed by atoms with Gasteiger partial charge in [0, 0.05) is 16.7 Å². The van der Waals surface area contributed by atoms with E-state index in [2.05, 4.69) is 176 Å². The van der Waals surface area contributed by atoms with Gasteiger partial charge in [0.1, 0.15) is 0 Å². The third kappa shape index (κ3) is 5.18. The molecule has 0 saturated carbocycles. The summed E-state index contributed by atoms with van der Waals surface area (Å²) < 4.78 is 0. The van der Waals surface area contributed by atoms with Crippen molar-refractivity contribution in [3.63, 3.8) is 0 Å². The summed E-state index contributed by atoms with van der Waals surface area (Å²) in [7, 11) is 0. The van der Waals surface area contributed by atoms with Crippen LogP contribution in [0.25, 0.3) is 89.4 Å². The number of nitrogens with zero attached hydrogens (tertiary/aromatic N) is 3. The minimum Gasteiger partial charge on any atom is -0.208 e. The highest BCUT2D eigenvalue weighted by Gasteiger charge is 2.51. The first-order valence-electron chi connectivity index (χ1n) is 20.2. The first kappa shape index (κ1) is 33.4. The zero-order valence-electron chi connectivity index (χ0n) is 32.0. The molecule has 3 heteroatoms. The Balaban J connectivity index is 1.11. The van der Waals surface area contributed by atoms with E-state index in [1.807, 2.05) is 36.4 Å². The molecule has 0 amide bonds. The van der Waals surface area contributed by atoms with E-state index in [1.165, 1.54) is 55.3 Å². The summed E-state index contributed by atoms with van der Waals surface area (Å²) in [5, 5.41) is 2.41. The average molecular weight is 750 g/mol. The zero-order valence-corrected chi connectivity index (χ0v) is 32.0. The predicted molar refractivity (Wildman–Crippen MR) is 241 cm³/mol. The Morgan fingerprint density at radius 1 is 0.237 bits per heavy atom. The van der Waals surface area contributed by atoms with Crippen LogP contribution >= 0.6 is 0 Å². The summed E-state index contributed by atoms with van der Waals surface area (Å²) in [4.78, 5) is 15.4. The molecule has 0 saturated heterocycles. The van der Waals surface area contributed by atoms with Gasteiger partial charge < -0.3 is 0 Å². The Bertz CT molecular complexity index is 3160. The molecule has 59 heavy (non-hydrogen) atoms. The standard InChI is InChI=1S/C56H35N3/c1-3-16-37(17-4-1)53-57-54(38-18-5-2-6-19-38)59-55(58-53)44-33-42(40-28-27-36-15-7-8-20-39(36)31-40)32-43(34-44)41-29-30-48-47-23-11-14-26-51(47)56(52(48)35-41)49-24-12-9-21-45(49)46-22-10-13-25-50(46)56/h1-35H. The highest BCUT2D eigenvalue weighted by Crippen LogP contribution is 2.63. The van der Waals surface area contributed by atoms with Crippen LogP contribution in [0.5, 0.6) is 0 Å². The SMILES string of the molecule is c1ccc(-c2nc(-c3ccccc3)nc(-c3cc(-c4ccc5c(c4)C4(c6ccccc6-c6ccccc64)c4ccccc4-5)cc(-c4ccc5ccccc5c4)c3)n2)cc1. The first-order valence-corrected chi connectivity index (χ1v) is 20.2. The molecule has 0 radical (unpaired) electrons. The second kappa shape index (κ2) is 13.2. The molecule has 0 N–H and O–H groups in total. The first-order chi connectivity index (χ1) is 29.2. The quantitative estimate of drug-likeness (QED) is 0.176. The second-order valence-corrected chi connectivity index (χ2v) is 15.5. The number of benzene rings is 9. The molecule has 0 aliphatic heterocycles. The largest absolute Gasteiger partial charge is 0.208 e. The van der Waals surface area contributed by atoms with E-state index in [0.29, 0.717) is 17.5 Å².